The van der Waals surface area contributed by atoms with Crippen LogP contribution in [0.4, 0.5) is 8.78 Å². The molecular formula is C15H6ClF2NS. The van der Waals surface area contributed by atoms with Gasteiger partial charge in [-0.25, -0.2) is 13.8 Å². The van der Waals surface area contributed by atoms with Gasteiger partial charge in [-0.3, -0.25) is 0 Å². The van der Waals surface area contributed by atoms with Gasteiger partial charge in [0.15, 0.2) is 0 Å². The van der Waals surface area contributed by atoms with Crippen LogP contribution in [-0.4, -0.2) is 4.98 Å². The third-order valence-corrected chi connectivity index (χ3v) is 4.85. The van der Waals surface area contributed by atoms with Crippen molar-refractivity contribution in [3.05, 3.63) is 53.2 Å². The maximum absolute atomic E-state index is 14.2. The number of rotatable bonds is 0. The Balaban J connectivity index is 2.40. The van der Waals surface area contributed by atoms with Gasteiger partial charge in [0.1, 0.15) is 16.8 Å². The Morgan fingerprint density at radius 3 is 2.75 bits per heavy atom. The second-order valence-corrected chi connectivity index (χ2v) is 5.89. The summed E-state index contributed by atoms with van der Waals surface area (Å²) in [6, 6.07) is 9.12. The summed E-state index contributed by atoms with van der Waals surface area (Å²) in [5.74, 6) is -0.708. The van der Waals surface area contributed by atoms with Crippen LogP contribution in [0.15, 0.2) is 36.4 Å². The minimum atomic E-state index is -0.376. The van der Waals surface area contributed by atoms with Crippen LogP contribution in [0.2, 0.25) is 5.15 Å². The van der Waals surface area contributed by atoms with Crippen LogP contribution in [0.3, 0.4) is 0 Å². The first-order chi connectivity index (χ1) is 9.65. The van der Waals surface area contributed by atoms with Crippen molar-refractivity contribution in [3.8, 4) is 0 Å². The molecular weight excluding hydrogens is 300 g/mol. The maximum atomic E-state index is 14.2. The van der Waals surface area contributed by atoms with Crippen molar-refractivity contribution in [2.24, 2.45) is 0 Å². The average Bonchev–Trinajstić information content (AvgIpc) is 2.81. The number of hydrogen-bond donors (Lipinski definition) is 0. The SMILES string of the molecule is Fc1ccc2nc(Cl)c3sc4cccc(F)c4c3c2c1. The van der Waals surface area contributed by atoms with E-state index in [-0.39, 0.29) is 11.6 Å². The summed E-state index contributed by atoms with van der Waals surface area (Å²) in [4.78, 5) is 4.26. The summed E-state index contributed by atoms with van der Waals surface area (Å²) in [6.07, 6.45) is 0. The Morgan fingerprint density at radius 2 is 1.90 bits per heavy atom. The fraction of sp³-hybridized carbons (Fsp3) is 0. The minimum Gasteiger partial charge on any atom is -0.235 e. The summed E-state index contributed by atoms with van der Waals surface area (Å²) in [5.41, 5.74) is 0.562. The van der Waals surface area contributed by atoms with Gasteiger partial charge in [-0.15, -0.1) is 11.3 Å². The fourth-order valence-electron chi connectivity index (χ4n) is 2.47. The van der Waals surface area contributed by atoms with E-state index < -0.39 is 0 Å². The van der Waals surface area contributed by atoms with Crippen molar-refractivity contribution < 1.29 is 8.78 Å². The van der Waals surface area contributed by atoms with Crippen molar-refractivity contribution in [2.45, 2.75) is 0 Å². The molecule has 2 aromatic carbocycles. The number of pyridine rings is 1. The van der Waals surface area contributed by atoms with E-state index in [1.54, 1.807) is 12.1 Å². The zero-order valence-corrected chi connectivity index (χ0v) is 11.5. The molecule has 20 heavy (non-hydrogen) atoms. The average molecular weight is 306 g/mol. The molecule has 0 saturated heterocycles. The zero-order chi connectivity index (χ0) is 13.9. The lowest BCUT2D eigenvalue weighted by Crippen LogP contribution is -1.84. The standard InChI is InChI=1S/C15H6ClF2NS/c16-15-14-12(8-6-7(17)4-5-10(8)19-15)13-9(18)2-1-3-11(13)20-14/h1-6H. The van der Waals surface area contributed by atoms with Crippen LogP contribution in [0.1, 0.15) is 0 Å². The van der Waals surface area contributed by atoms with E-state index in [4.69, 9.17) is 11.6 Å². The third kappa shape index (κ3) is 1.55. The van der Waals surface area contributed by atoms with E-state index >= 15 is 0 Å². The van der Waals surface area contributed by atoms with E-state index in [0.29, 0.717) is 31.5 Å². The highest BCUT2D eigenvalue weighted by atomic mass is 35.5. The van der Waals surface area contributed by atoms with Crippen LogP contribution in [0.5, 0.6) is 0 Å². The molecule has 0 radical (unpaired) electrons. The molecule has 1 nitrogen and oxygen atoms in total. The summed E-state index contributed by atoms with van der Waals surface area (Å²) >= 11 is 7.55. The van der Waals surface area contributed by atoms with Crippen LogP contribution in [0, 0.1) is 11.6 Å². The molecule has 2 aromatic heterocycles. The van der Waals surface area contributed by atoms with Gasteiger partial charge in [-0.2, -0.15) is 0 Å². The van der Waals surface area contributed by atoms with Crippen molar-refractivity contribution in [1.82, 2.24) is 4.98 Å². The Bertz CT molecular complexity index is 994. The monoisotopic (exact) mass is 305 g/mol. The van der Waals surface area contributed by atoms with Crippen molar-refractivity contribution in [2.75, 3.05) is 0 Å². The number of hydrogen-bond acceptors (Lipinski definition) is 2. The molecule has 0 N–H and O–H groups in total. The molecule has 5 heteroatoms. The molecule has 2 heterocycles. The maximum Gasteiger partial charge on any atom is 0.147 e. The topological polar surface area (TPSA) is 12.9 Å². The molecule has 4 aromatic rings. The van der Waals surface area contributed by atoms with Crippen LogP contribution in [0.25, 0.3) is 31.1 Å². The van der Waals surface area contributed by atoms with Gasteiger partial charge in [0.25, 0.3) is 0 Å². The smallest absolute Gasteiger partial charge is 0.147 e. The van der Waals surface area contributed by atoms with Crippen molar-refractivity contribution in [1.29, 1.82) is 0 Å². The molecule has 0 spiro atoms. The lowest BCUT2D eigenvalue weighted by atomic mass is 10.1. The summed E-state index contributed by atoms with van der Waals surface area (Å²) in [5, 5.41) is 2.02. The van der Waals surface area contributed by atoms with Gasteiger partial charge < -0.3 is 0 Å². The number of halogens is 3. The molecule has 98 valence electrons. The number of nitrogens with zero attached hydrogens (tertiary/aromatic N) is 1. The van der Waals surface area contributed by atoms with Gasteiger partial charge in [0.2, 0.25) is 0 Å². The first-order valence-corrected chi connectivity index (χ1v) is 7.10. The van der Waals surface area contributed by atoms with E-state index in [1.165, 1.54) is 29.5 Å². The van der Waals surface area contributed by atoms with E-state index in [9.17, 15) is 8.78 Å². The normalized spacial score (nSPS) is 11.8. The van der Waals surface area contributed by atoms with Gasteiger partial charge >= 0.3 is 0 Å². The van der Waals surface area contributed by atoms with Crippen LogP contribution < -0.4 is 0 Å². The Labute approximate surface area is 121 Å². The highest BCUT2D eigenvalue weighted by Gasteiger charge is 2.16. The predicted octanol–water partition coefficient (Wildman–Crippen LogP) is 5.53. The number of fused-ring (bicyclic) bond motifs is 5. The second kappa shape index (κ2) is 4.11. The summed E-state index contributed by atoms with van der Waals surface area (Å²) in [7, 11) is 0. The lowest BCUT2D eigenvalue weighted by molar-refractivity contribution is 0.629. The molecule has 0 bridgehead atoms. The number of aromatic nitrogens is 1. The minimum absolute atomic E-state index is 0.319. The molecule has 0 aliphatic carbocycles. The first kappa shape index (κ1) is 12.0. The van der Waals surface area contributed by atoms with E-state index in [2.05, 4.69) is 4.98 Å². The molecule has 0 fully saturated rings. The number of thiophene rings is 1. The van der Waals surface area contributed by atoms with Crippen molar-refractivity contribution >= 4 is 54.0 Å². The van der Waals surface area contributed by atoms with Gasteiger partial charge in [0.05, 0.1) is 10.2 Å². The lowest BCUT2D eigenvalue weighted by Gasteiger charge is -2.02. The highest BCUT2D eigenvalue weighted by Crippen LogP contribution is 2.42. The molecule has 4 rings (SSSR count). The van der Waals surface area contributed by atoms with Gasteiger partial charge in [-0.05, 0) is 30.3 Å². The molecule has 0 aliphatic rings. The molecule has 0 atom stereocenters. The van der Waals surface area contributed by atoms with E-state index in [1.807, 2.05) is 6.07 Å². The predicted molar refractivity (Wildman–Crippen MR) is 79.6 cm³/mol. The Morgan fingerprint density at radius 1 is 1.05 bits per heavy atom. The highest BCUT2D eigenvalue weighted by molar-refractivity contribution is 7.26. The van der Waals surface area contributed by atoms with E-state index in [0.717, 1.165) is 4.70 Å². The Kier molecular flexibility index (Phi) is 2.46. The second-order valence-electron chi connectivity index (χ2n) is 4.48. The fourth-order valence-corrected chi connectivity index (χ4v) is 3.88. The Hall–Kier alpha value is -1.78. The zero-order valence-electron chi connectivity index (χ0n) is 9.95. The van der Waals surface area contributed by atoms with Crippen LogP contribution >= 0.6 is 22.9 Å². The summed E-state index contributed by atoms with van der Waals surface area (Å²) in [6.45, 7) is 0. The van der Waals surface area contributed by atoms with Gasteiger partial charge in [-0.1, -0.05) is 17.7 Å². The molecule has 0 saturated carbocycles. The number of benzene rings is 2. The first-order valence-electron chi connectivity index (χ1n) is 5.90. The largest absolute Gasteiger partial charge is 0.235 e. The molecule has 0 amide bonds. The quantitative estimate of drug-likeness (QED) is 0.389. The summed E-state index contributed by atoms with van der Waals surface area (Å²) < 4.78 is 29.1. The van der Waals surface area contributed by atoms with Crippen LogP contribution in [-0.2, 0) is 0 Å². The molecule has 0 aliphatic heterocycles. The third-order valence-electron chi connectivity index (χ3n) is 3.30. The van der Waals surface area contributed by atoms with Gasteiger partial charge in [0, 0.05) is 20.9 Å². The molecule has 0 unspecified atom stereocenters. The van der Waals surface area contributed by atoms with Crippen molar-refractivity contribution in [3.63, 3.8) is 0 Å².